The minimum Gasteiger partial charge on any atom is -0.334 e. The fourth-order valence-electron chi connectivity index (χ4n) is 2.31. The first-order chi connectivity index (χ1) is 9.54. The largest absolute Gasteiger partial charge is 0.334 e. The van der Waals surface area contributed by atoms with Gasteiger partial charge in [0.1, 0.15) is 0 Å². The predicted octanol–water partition coefficient (Wildman–Crippen LogP) is 4.07. The number of halogens is 2. The maximum absolute atomic E-state index is 12.9. The van der Waals surface area contributed by atoms with E-state index in [1.807, 2.05) is 43.3 Å². The fraction of sp³-hybridized carbons (Fsp3) is 0.176. The SMILES string of the molecule is C#CC1=CC(C)=C(c2ccccc2)N(CC(F)F)C1=C. The smallest absolute Gasteiger partial charge is 0.256 e. The van der Waals surface area contributed by atoms with Crippen LogP contribution in [0.2, 0.25) is 0 Å². The summed E-state index contributed by atoms with van der Waals surface area (Å²) in [5, 5.41) is 0. The quantitative estimate of drug-likeness (QED) is 0.749. The minimum atomic E-state index is -2.46. The van der Waals surface area contributed by atoms with Crippen molar-refractivity contribution in [1.29, 1.82) is 0 Å². The Hall–Kier alpha value is -2.34. The van der Waals surface area contributed by atoms with Gasteiger partial charge in [0.05, 0.1) is 12.2 Å². The van der Waals surface area contributed by atoms with E-state index in [2.05, 4.69) is 12.5 Å². The molecule has 1 heterocycles. The average Bonchev–Trinajstić information content (AvgIpc) is 2.43. The monoisotopic (exact) mass is 271 g/mol. The zero-order chi connectivity index (χ0) is 14.7. The van der Waals surface area contributed by atoms with E-state index in [1.54, 1.807) is 0 Å². The van der Waals surface area contributed by atoms with E-state index in [0.717, 1.165) is 16.8 Å². The Morgan fingerprint density at radius 1 is 1.30 bits per heavy atom. The van der Waals surface area contributed by atoms with Crippen LogP contribution in [0.3, 0.4) is 0 Å². The molecule has 0 aliphatic carbocycles. The third-order valence-electron chi connectivity index (χ3n) is 3.16. The molecule has 2 rings (SSSR count). The van der Waals surface area contributed by atoms with Crippen LogP contribution >= 0.6 is 0 Å². The Morgan fingerprint density at radius 2 is 1.95 bits per heavy atom. The van der Waals surface area contributed by atoms with Gasteiger partial charge in [-0.3, -0.25) is 0 Å². The molecule has 1 aromatic carbocycles. The van der Waals surface area contributed by atoms with Crippen molar-refractivity contribution in [2.24, 2.45) is 0 Å². The van der Waals surface area contributed by atoms with Crippen LogP contribution in [0.4, 0.5) is 8.78 Å². The third-order valence-corrected chi connectivity index (χ3v) is 3.16. The lowest BCUT2D eigenvalue weighted by Gasteiger charge is -2.33. The van der Waals surface area contributed by atoms with Crippen molar-refractivity contribution in [3.05, 3.63) is 65.4 Å². The summed E-state index contributed by atoms with van der Waals surface area (Å²) in [6.07, 6.45) is 4.77. The van der Waals surface area contributed by atoms with E-state index >= 15 is 0 Å². The molecule has 0 amide bonds. The summed E-state index contributed by atoms with van der Waals surface area (Å²) < 4.78 is 25.7. The maximum Gasteiger partial charge on any atom is 0.256 e. The summed E-state index contributed by atoms with van der Waals surface area (Å²) in [6, 6.07) is 9.41. The van der Waals surface area contributed by atoms with Gasteiger partial charge in [-0.1, -0.05) is 42.8 Å². The van der Waals surface area contributed by atoms with E-state index in [0.29, 0.717) is 11.3 Å². The van der Waals surface area contributed by atoms with E-state index in [1.165, 1.54) is 4.90 Å². The Kier molecular flexibility index (Phi) is 4.05. The first-order valence-corrected chi connectivity index (χ1v) is 6.24. The van der Waals surface area contributed by atoms with Crippen molar-refractivity contribution >= 4 is 5.70 Å². The van der Waals surface area contributed by atoms with Crippen molar-refractivity contribution in [1.82, 2.24) is 4.90 Å². The molecule has 3 heteroatoms. The maximum atomic E-state index is 12.9. The molecule has 1 nitrogen and oxygen atoms in total. The van der Waals surface area contributed by atoms with Crippen molar-refractivity contribution in [2.45, 2.75) is 13.3 Å². The molecule has 1 aromatic rings. The van der Waals surface area contributed by atoms with Crippen LogP contribution in [0, 0.1) is 12.3 Å². The van der Waals surface area contributed by atoms with E-state index in [-0.39, 0.29) is 0 Å². The first kappa shape index (κ1) is 14.1. The molecule has 0 aromatic heterocycles. The van der Waals surface area contributed by atoms with Gasteiger partial charge < -0.3 is 4.90 Å². The second-order valence-electron chi connectivity index (χ2n) is 4.55. The average molecular weight is 271 g/mol. The lowest BCUT2D eigenvalue weighted by atomic mass is 9.97. The Morgan fingerprint density at radius 3 is 2.50 bits per heavy atom. The number of nitrogens with zero attached hydrogens (tertiary/aromatic N) is 1. The third kappa shape index (κ3) is 2.65. The van der Waals surface area contributed by atoms with Gasteiger partial charge in [-0.2, -0.15) is 0 Å². The predicted molar refractivity (Wildman–Crippen MR) is 77.8 cm³/mol. The topological polar surface area (TPSA) is 3.24 Å². The molecule has 0 radical (unpaired) electrons. The van der Waals surface area contributed by atoms with Crippen molar-refractivity contribution < 1.29 is 8.78 Å². The number of terminal acetylenes is 1. The van der Waals surface area contributed by atoms with Crippen LogP contribution in [-0.2, 0) is 0 Å². The second-order valence-corrected chi connectivity index (χ2v) is 4.55. The van der Waals surface area contributed by atoms with E-state index in [4.69, 9.17) is 6.42 Å². The summed E-state index contributed by atoms with van der Waals surface area (Å²) in [5.74, 6) is 2.50. The molecule has 102 valence electrons. The number of hydrogen-bond acceptors (Lipinski definition) is 1. The molecule has 1 aliphatic heterocycles. The molecular weight excluding hydrogens is 256 g/mol. The summed E-state index contributed by atoms with van der Waals surface area (Å²) in [6.45, 7) is 5.31. The van der Waals surface area contributed by atoms with Crippen LogP contribution in [0.1, 0.15) is 12.5 Å². The van der Waals surface area contributed by atoms with Gasteiger partial charge in [0.2, 0.25) is 0 Å². The number of benzene rings is 1. The zero-order valence-corrected chi connectivity index (χ0v) is 11.2. The van der Waals surface area contributed by atoms with Gasteiger partial charge in [0, 0.05) is 11.3 Å². The van der Waals surface area contributed by atoms with Crippen molar-refractivity contribution in [3.63, 3.8) is 0 Å². The second kappa shape index (κ2) is 5.75. The molecule has 0 bridgehead atoms. The van der Waals surface area contributed by atoms with Crippen LogP contribution in [0.25, 0.3) is 5.70 Å². The Labute approximate surface area is 117 Å². The highest BCUT2D eigenvalue weighted by atomic mass is 19.3. The summed E-state index contributed by atoms with van der Waals surface area (Å²) in [5.41, 5.74) is 3.45. The summed E-state index contributed by atoms with van der Waals surface area (Å²) in [7, 11) is 0. The molecule has 0 atom stereocenters. The van der Waals surface area contributed by atoms with Gasteiger partial charge in [-0.15, -0.1) is 6.42 Å². The normalized spacial score (nSPS) is 15.4. The van der Waals surface area contributed by atoms with Crippen LogP contribution < -0.4 is 0 Å². The van der Waals surface area contributed by atoms with Gasteiger partial charge in [-0.25, -0.2) is 8.78 Å². The first-order valence-electron chi connectivity index (χ1n) is 6.24. The molecule has 20 heavy (non-hydrogen) atoms. The molecule has 0 saturated heterocycles. The van der Waals surface area contributed by atoms with Gasteiger partial charge in [0.25, 0.3) is 6.43 Å². The highest BCUT2D eigenvalue weighted by Crippen LogP contribution is 2.34. The number of hydrogen-bond donors (Lipinski definition) is 0. The van der Waals surface area contributed by atoms with Crippen LogP contribution in [0.15, 0.2) is 59.8 Å². The summed E-state index contributed by atoms with van der Waals surface area (Å²) >= 11 is 0. The van der Waals surface area contributed by atoms with Crippen LogP contribution in [0.5, 0.6) is 0 Å². The van der Waals surface area contributed by atoms with Crippen molar-refractivity contribution in [2.75, 3.05) is 6.54 Å². The molecule has 0 unspecified atom stereocenters. The zero-order valence-electron chi connectivity index (χ0n) is 11.2. The fourth-order valence-corrected chi connectivity index (χ4v) is 2.31. The standard InChI is InChI=1S/C17H15F2N/c1-4-14-10-12(2)17(15-8-6-5-7-9-15)20(13(14)3)11-16(18)19/h1,5-10,16H,3,11H2,2H3. The van der Waals surface area contributed by atoms with Gasteiger partial charge in [0.15, 0.2) is 0 Å². The number of alkyl halides is 2. The molecule has 0 saturated carbocycles. The van der Waals surface area contributed by atoms with Gasteiger partial charge >= 0.3 is 0 Å². The molecule has 0 fully saturated rings. The van der Waals surface area contributed by atoms with E-state index in [9.17, 15) is 8.78 Å². The lowest BCUT2D eigenvalue weighted by molar-refractivity contribution is 0.123. The Bertz CT molecular complexity index is 618. The number of rotatable bonds is 3. The Balaban J connectivity index is 2.55. The molecular formula is C17H15F2N. The van der Waals surface area contributed by atoms with Crippen LogP contribution in [-0.4, -0.2) is 17.9 Å². The molecule has 0 N–H and O–H groups in total. The van der Waals surface area contributed by atoms with Crippen molar-refractivity contribution in [3.8, 4) is 12.3 Å². The highest BCUT2D eigenvalue weighted by Gasteiger charge is 2.25. The lowest BCUT2D eigenvalue weighted by Crippen LogP contribution is -2.30. The number of allylic oxidation sites excluding steroid dienone is 3. The summed E-state index contributed by atoms with van der Waals surface area (Å²) in [4.78, 5) is 1.50. The van der Waals surface area contributed by atoms with Gasteiger partial charge in [-0.05, 0) is 24.1 Å². The molecule has 1 aliphatic rings. The highest BCUT2D eigenvalue weighted by molar-refractivity contribution is 5.75. The minimum absolute atomic E-state index is 0.417. The molecule has 0 spiro atoms. The van der Waals surface area contributed by atoms with E-state index < -0.39 is 13.0 Å².